The zero-order valence-corrected chi connectivity index (χ0v) is 22.8. The van der Waals surface area contributed by atoms with E-state index in [0.717, 1.165) is 38.5 Å². The normalized spacial score (nSPS) is 46.3. The van der Waals surface area contributed by atoms with Gasteiger partial charge >= 0.3 is 5.97 Å². The van der Waals surface area contributed by atoms with Gasteiger partial charge in [-0.1, -0.05) is 39.3 Å². The highest BCUT2D eigenvalue weighted by atomic mass is 16.7. The van der Waals surface area contributed by atoms with Crippen LogP contribution in [0.1, 0.15) is 73.1 Å². The van der Waals surface area contributed by atoms with Gasteiger partial charge < -0.3 is 39.7 Å². The number of esters is 1. The Bertz CT molecular complexity index is 872. The molecule has 5 N–H and O–H groups in total. The zero-order valence-electron chi connectivity index (χ0n) is 22.8. The molecule has 4 rings (SSSR count). The molecule has 0 amide bonds. The molecule has 0 bridgehead atoms. The monoisotopic (exact) mass is 526 g/mol. The Balaban J connectivity index is 1.53. The van der Waals surface area contributed by atoms with Crippen molar-refractivity contribution in [2.45, 2.75) is 116 Å². The molecule has 0 aromatic heterocycles. The van der Waals surface area contributed by atoms with E-state index < -0.39 is 54.8 Å². The SMILES string of the molecule is CC(=O)OC(COC1OC(CO)C(O)C(O)C1O)C1(C)C=C2CCC3C(C)(C)C(O)CCC3(C)C2CC1. The summed E-state index contributed by atoms with van der Waals surface area (Å²) in [7, 11) is 0. The summed E-state index contributed by atoms with van der Waals surface area (Å²) in [4.78, 5) is 12.1. The van der Waals surface area contributed by atoms with Crippen LogP contribution >= 0.6 is 0 Å². The second-order valence-corrected chi connectivity index (χ2v) is 12.9. The third kappa shape index (κ3) is 5.13. The zero-order chi connectivity index (χ0) is 27.3. The first-order valence-corrected chi connectivity index (χ1v) is 13.7. The predicted molar refractivity (Wildman–Crippen MR) is 134 cm³/mol. The van der Waals surface area contributed by atoms with Gasteiger partial charge in [0.1, 0.15) is 30.5 Å². The molecular formula is C28H46O9. The standard InChI is InChI=1S/C28H46O9/c1-15(30)36-21(14-35-25-24(34)23(33)22(32)18(13-29)37-25)27(4)10-8-17-16(12-27)6-7-19-26(2,3)20(31)9-11-28(17,19)5/h12,17-25,29,31-34H,6-11,13-14H2,1-5H3. The number of aliphatic hydroxyl groups excluding tert-OH is 5. The third-order valence-electron chi connectivity index (χ3n) is 10.3. The maximum Gasteiger partial charge on any atom is 0.303 e. The minimum atomic E-state index is -1.54. The van der Waals surface area contributed by atoms with E-state index in [9.17, 15) is 30.3 Å². The van der Waals surface area contributed by atoms with Crippen molar-refractivity contribution in [2.75, 3.05) is 13.2 Å². The minimum Gasteiger partial charge on any atom is -0.459 e. The summed E-state index contributed by atoms with van der Waals surface area (Å²) in [6, 6.07) is 0. The van der Waals surface area contributed by atoms with Gasteiger partial charge in [0, 0.05) is 12.3 Å². The minimum absolute atomic E-state index is 0.0771. The quantitative estimate of drug-likeness (QED) is 0.258. The van der Waals surface area contributed by atoms with E-state index in [-0.39, 0.29) is 23.5 Å². The summed E-state index contributed by atoms with van der Waals surface area (Å²) >= 11 is 0. The Kier molecular flexibility index (Phi) is 8.20. The van der Waals surface area contributed by atoms with Gasteiger partial charge in [-0.25, -0.2) is 0 Å². The molecule has 11 atom stereocenters. The lowest BCUT2D eigenvalue weighted by Crippen LogP contribution is -2.59. The Morgan fingerprint density at radius 2 is 1.76 bits per heavy atom. The van der Waals surface area contributed by atoms with E-state index in [2.05, 4.69) is 33.8 Å². The number of hydrogen-bond donors (Lipinski definition) is 5. The largest absolute Gasteiger partial charge is 0.459 e. The summed E-state index contributed by atoms with van der Waals surface area (Å²) in [6.07, 6.45) is -0.0588. The highest BCUT2D eigenvalue weighted by molar-refractivity contribution is 5.66. The number of carbonyl (C=O) groups excluding carboxylic acids is 1. The van der Waals surface area contributed by atoms with Crippen LogP contribution in [0.15, 0.2) is 11.6 Å². The average Bonchev–Trinajstić information content (AvgIpc) is 2.83. The maximum absolute atomic E-state index is 12.1. The van der Waals surface area contributed by atoms with Crippen molar-refractivity contribution in [3.63, 3.8) is 0 Å². The molecule has 1 saturated heterocycles. The molecule has 3 aliphatic carbocycles. The second kappa shape index (κ2) is 10.5. The van der Waals surface area contributed by atoms with E-state index in [1.165, 1.54) is 12.5 Å². The molecule has 0 aromatic carbocycles. The van der Waals surface area contributed by atoms with Crippen LogP contribution in [0.5, 0.6) is 0 Å². The summed E-state index contributed by atoms with van der Waals surface area (Å²) in [5.41, 5.74) is 0.861. The molecule has 3 fully saturated rings. The molecule has 4 aliphatic rings. The van der Waals surface area contributed by atoms with Gasteiger partial charge in [-0.2, -0.15) is 0 Å². The topological polar surface area (TPSA) is 146 Å². The van der Waals surface area contributed by atoms with Gasteiger partial charge in [0.05, 0.1) is 19.3 Å². The van der Waals surface area contributed by atoms with E-state index in [4.69, 9.17) is 14.2 Å². The first-order valence-electron chi connectivity index (χ1n) is 13.7. The van der Waals surface area contributed by atoms with Crippen LogP contribution in [-0.4, -0.2) is 87.6 Å². The predicted octanol–water partition coefficient (Wildman–Crippen LogP) is 1.67. The fraction of sp³-hybridized carbons (Fsp3) is 0.893. The molecule has 212 valence electrons. The Labute approximate surface area is 219 Å². The summed E-state index contributed by atoms with van der Waals surface area (Å²) in [5.74, 6) is 0.410. The molecule has 1 aliphatic heterocycles. The van der Waals surface area contributed by atoms with Crippen LogP contribution in [0.3, 0.4) is 0 Å². The van der Waals surface area contributed by atoms with Crippen LogP contribution in [-0.2, 0) is 19.0 Å². The second-order valence-electron chi connectivity index (χ2n) is 12.9. The van der Waals surface area contributed by atoms with E-state index in [1.54, 1.807) is 0 Å². The highest BCUT2D eigenvalue weighted by Gasteiger charge is 2.57. The molecule has 37 heavy (non-hydrogen) atoms. The van der Waals surface area contributed by atoms with Gasteiger partial charge in [-0.05, 0) is 61.2 Å². The highest BCUT2D eigenvalue weighted by Crippen LogP contribution is 2.64. The summed E-state index contributed by atoms with van der Waals surface area (Å²) in [5, 5.41) is 50.7. The number of allylic oxidation sites excluding steroid dienone is 1. The smallest absolute Gasteiger partial charge is 0.303 e. The first-order chi connectivity index (χ1) is 17.2. The maximum atomic E-state index is 12.1. The van der Waals surface area contributed by atoms with E-state index in [0.29, 0.717) is 11.8 Å². The van der Waals surface area contributed by atoms with Crippen LogP contribution in [0.25, 0.3) is 0 Å². The van der Waals surface area contributed by atoms with Crippen LogP contribution in [0, 0.1) is 28.1 Å². The lowest BCUT2D eigenvalue weighted by molar-refractivity contribution is -0.306. The van der Waals surface area contributed by atoms with Crippen molar-refractivity contribution < 1.29 is 44.5 Å². The van der Waals surface area contributed by atoms with Crippen molar-refractivity contribution in [1.82, 2.24) is 0 Å². The average molecular weight is 527 g/mol. The van der Waals surface area contributed by atoms with Crippen LogP contribution in [0.2, 0.25) is 0 Å². The van der Waals surface area contributed by atoms with Gasteiger partial charge in [-0.15, -0.1) is 0 Å². The Morgan fingerprint density at radius 3 is 2.41 bits per heavy atom. The Morgan fingerprint density at radius 1 is 1.05 bits per heavy atom. The molecule has 0 spiro atoms. The summed E-state index contributed by atoms with van der Waals surface area (Å²) < 4.78 is 17.0. The lowest BCUT2D eigenvalue weighted by Gasteiger charge is -2.61. The fourth-order valence-corrected chi connectivity index (χ4v) is 7.94. The fourth-order valence-electron chi connectivity index (χ4n) is 7.94. The Hall–Kier alpha value is -1.07. The van der Waals surface area contributed by atoms with Crippen molar-refractivity contribution in [1.29, 1.82) is 0 Å². The number of rotatable bonds is 6. The van der Waals surface area contributed by atoms with Crippen molar-refractivity contribution in [2.24, 2.45) is 28.1 Å². The molecule has 9 heteroatoms. The van der Waals surface area contributed by atoms with Crippen molar-refractivity contribution in [3.8, 4) is 0 Å². The molecule has 11 unspecified atom stereocenters. The van der Waals surface area contributed by atoms with Crippen LogP contribution < -0.4 is 0 Å². The van der Waals surface area contributed by atoms with Crippen molar-refractivity contribution >= 4 is 5.97 Å². The molecular weight excluding hydrogens is 480 g/mol. The number of hydrogen-bond acceptors (Lipinski definition) is 9. The molecule has 9 nitrogen and oxygen atoms in total. The molecule has 1 heterocycles. The number of ether oxygens (including phenoxy) is 3. The lowest BCUT2D eigenvalue weighted by atomic mass is 9.45. The third-order valence-corrected chi connectivity index (χ3v) is 10.3. The van der Waals surface area contributed by atoms with Gasteiger partial charge in [0.2, 0.25) is 0 Å². The molecule has 0 radical (unpaired) electrons. The van der Waals surface area contributed by atoms with Crippen LogP contribution in [0.4, 0.5) is 0 Å². The number of aliphatic hydroxyl groups is 5. The van der Waals surface area contributed by atoms with Gasteiger partial charge in [-0.3, -0.25) is 4.79 Å². The summed E-state index contributed by atoms with van der Waals surface area (Å²) in [6.45, 7) is 9.58. The van der Waals surface area contributed by atoms with Gasteiger partial charge in [0.25, 0.3) is 0 Å². The molecule has 2 saturated carbocycles. The van der Waals surface area contributed by atoms with Crippen molar-refractivity contribution in [3.05, 3.63) is 11.6 Å². The molecule has 0 aromatic rings. The number of carbonyl (C=O) groups is 1. The van der Waals surface area contributed by atoms with E-state index >= 15 is 0 Å². The van der Waals surface area contributed by atoms with E-state index in [1.807, 2.05) is 0 Å². The number of fused-ring (bicyclic) bond motifs is 3. The first kappa shape index (κ1) is 28.9. The van der Waals surface area contributed by atoms with Gasteiger partial charge in [0.15, 0.2) is 6.29 Å².